The van der Waals surface area contributed by atoms with Crippen LogP contribution < -0.4 is 10.1 Å². The number of aryl methyl sites for hydroxylation is 2. The Kier molecular flexibility index (Phi) is 5.63. The van der Waals surface area contributed by atoms with Crippen LogP contribution in [-0.2, 0) is 7.05 Å². The average molecular weight is 367 g/mol. The van der Waals surface area contributed by atoms with E-state index >= 15 is 0 Å². The first-order valence-electron chi connectivity index (χ1n) is 8.37. The minimum atomic E-state index is -0.149. The number of imidazole rings is 1. The fourth-order valence-corrected chi connectivity index (χ4v) is 3.40. The molecule has 0 atom stereocenters. The van der Waals surface area contributed by atoms with Gasteiger partial charge in [0.25, 0.3) is 5.91 Å². The van der Waals surface area contributed by atoms with Crippen molar-refractivity contribution in [1.29, 1.82) is 0 Å². The molecular formula is C20H21N3O2S. The van der Waals surface area contributed by atoms with Gasteiger partial charge in [-0.25, -0.2) is 4.98 Å². The number of benzene rings is 2. The molecule has 0 saturated carbocycles. The van der Waals surface area contributed by atoms with Gasteiger partial charge >= 0.3 is 0 Å². The smallest absolute Gasteiger partial charge is 0.255 e. The predicted molar refractivity (Wildman–Crippen MR) is 104 cm³/mol. The Hall–Kier alpha value is -2.73. The number of amides is 1. The number of aromatic nitrogens is 2. The molecule has 0 unspecified atom stereocenters. The third kappa shape index (κ3) is 4.08. The fraction of sp³-hybridized carbons (Fsp3) is 0.200. The zero-order chi connectivity index (χ0) is 18.5. The molecule has 2 aromatic carbocycles. The number of ether oxygens (including phenoxy) is 1. The SMILES string of the molecule is CCOc1ccc(C(=O)Nc2ccccc2Sc2nccn2C)cc1C. The molecule has 0 bridgehead atoms. The number of carbonyl (C=O) groups is 1. The molecule has 0 saturated heterocycles. The first kappa shape index (κ1) is 18.1. The molecular weight excluding hydrogens is 346 g/mol. The lowest BCUT2D eigenvalue weighted by Gasteiger charge is -2.12. The number of anilines is 1. The molecule has 0 aliphatic heterocycles. The second-order valence-electron chi connectivity index (χ2n) is 5.79. The Labute approximate surface area is 157 Å². The number of carbonyl (C=O) groups excluding carboxylic acids is 1. The van der Waals surface area contributed by atoms with E-state index in [1.54, 1.807) is 12.3 Å². The minimum Gasteiger partial charge on any atom is -0.494 e. The van der Waals surface area contributed by atoms with Gasteiger partial charge in [0.15, 0.2) is 5.16 Å². The zero-order valence-corrected chi connectivity index (χ0v) is 15.8. The van der Waals surface area contributed by atoms with Gasteiger partial charge in [-0.2, -0.15) is 0 Å². The van der Waals surface area contributed by atoms with E-state index in [0.717, 1.165) is 27.1 Å². The van der Waals surface area contributed by atoms with Gasteiger partial charge in [-0.1, -0.05) is 12.1 Å². The van der Waals surface area contributed by atoms with Crippen molar-refractivity contribution in [2.75, 3.05) is 11.9 Å². The van der Waals surface area contributed by atoms with Gasteiger partial charge in [0, 0.05) is 29.9 Å². The number of nitrogens with one attached hydrogen (secondary N) is 1. The highest BCUT2D eigenvalue weighted by molar-refractivity contribution is 7.99. The summed E-state index contributed by atoms with van der Waals surface area (Å²) in [6, 6.07) is 13.2. The molecule has 26 heavy (non-hydrogen) atoms. The average Bonchev–Trinajstić information content (AvgIpc) is 3.03. The maximum Gasteiger partial charge on any atom is 0.255 e. The largest absolute Gasteiger partial charge is 0.494 e. The van der Waals surface area contributed by atoms with Crippen molar-refractivity contribution in [2.45, 2.75) is 23.9 Å². The summed E-state index contributed by atoms with van der Waals surface area (Å²) in [6.45, 7) is 4.48. The zero-order valence-electron chi connectivity index (χ0n) is 15.0. The van der Waals surface area contributed by atoms with Crippen LogP contribution in [0, 0.1) is 6.92 Å². The van der Waals surface area contributed by atoms with Crippen molar-refractivity contribution in [3.05, 3.63) is 66.0 Å². The van der Waals surface area contributed by atoms with Gasteiger partial charge < -0.3 is 14.6 Å². The lowest BCUT2D eigenvalue weighted by molar-refractivity contribution is 0.102. The van der Waals surface area contributed by atoms with Gasteiger partial charge in [0.05, 0.1) is 12.3 Å². The first-order chi connectivity index (χ1) is 12.6. The van der Waals surface area contributed by atoms with Crippen LogP contribution in [-0.4, -0.2) is 22.1 Å². The lowest BCUT2D eigenvalue weighted by atomic mass is 10.1. The van der Waals surface area contributed by atoms with Crippen LogP contribution >= 0.6 is 11.8 Å². The van der Waals surface area contributed by atoms with Crippen molar-refractivity contribution in [3.63, 3.8) is 0 Å². The quantitative estimate of drug-likeness (QED) is 0.695. The summed E-state index contributed by atoms with van der Waals surface area (Å²) < 4.78 is 7.48. The maximum absolute atomic E-state index is 12.7. The van der Waals surface area contributed by atoms with E-state index < -0.39 is 0 Å². The van der Waals surface area contributed by atoms with Gasteiger partial charge in [-0.3, -0.25) is 4.79 Å². The molecule has 0 fully saturated rings. The second kappa shape index (κ2) is 8.10. The number of para-hydroxylation sites is 1. The summed E-state index contributed by atoms with van der Waals surface area (Å²) in [5, 5.41) is 3.86. The van der Waals surface area contributed by atoms with Gasteiger partial charge in [0.2, 0.25) is 0 Å². The van der Waals surface area contributed by atoms with Gasteiger partial charge in [-0.15, -0.1) is 0 Å². The highest BCUT2D eigenvalue weighted by Crippen LogP contribution is 2.32. The molecule has 1 heterocycles. The summed E-state index contributed by atoms with van der Waals surface area (Å²) in [7, 11) is 1.94. The summed E-state index contributed by atoms with van der Waals surface area (Å²) >= 11 is 1.51. The van der Waals surface area contributed by atoms with E-state index in [1.165, 1.54) is 11.8 Å². The normalized spacial score (nSPS) is 10.6. The topological polar surface area (TPSA) is 56.1 Å². The summed E-state index contributed by atoms with van der Waals surface area (Å²) in [5.41, 5.74) is 2.30. The Balaban J connectivity index is 1.79. The third-order valence-electron chi connectivity index (χ3n) is 3.85. The van der Waals surface area contributed by atoms with Crippen molar-refractivity contribution < 1.29 is 9.53 Å². The van der Waals surface area contributed by atoms with Crippen LogP contribution in [0.1, 0.15) is 22.8 Å². The number of hydrogen-bond acceptors (Lipinski definition) is 4. The first-order valence-corrected chi connectivity index (χ1v) is 9.19. The van der Waals surface area contributed by atoms with Crippen LogP contribution in [0.2, 0.25) is 0 Å². The molecule has 0 aliphatic carbocycles. The lowest BCUT2D eigenvalue weighted by Crippen LogP contribution is -2.13. The fourth-order valence-electron chi connectivity index (χ4n) is 2.51. The predicted octanol–water partition coefficient (Wildman–Crippen LogP) is 4.53. The van der Waals surface area contributed by atoms with Crippen molar-refractivity contribution in [2.24, 2.45) is 7.05 Å². The van der Waals surface area contributed by atoms with Gasteiger partial charge in [-0.05, 0) is 61.5 Å². The monoisotopic (exact) mass is 367 g/mol. The molecule has 5 nitrogen and oxygen atoms in total. The number of nitrogens with zero attached hydrogens (tertiary/aromatic N) is 2. The standard InChI is InChI=1S/C20H21N3O2S/c1-4-25-17-10-9-15(13-14(17)2)19(24)22-16-7-5-6-8-18(16)26-20-21-11-12-23(20)3/h5-13H,4H2,1-3H3,(H,22,24). The van der Waals surface area contributed by atoms with Crippen LogP contribution in [0.5, 0.6) is 5.75 Å². The van der Waals surface area contributed by atoms with E-state index in [4.69, 9.17) is 4.74 Å². The van der Waals surface area contributed by atoms with E-state index in [-0.39, 0.29) is 5.91 Å². The molecule has 6 heteroatoms. The Bertz CT molecular complexity index is 921. The van der Waals surface area contributed by atoms with Crippen LogP contribution in [0.15, 0.2) is 64.9 Å². The molecule has 1 aromatic heterocycles. The van der Waals surface area contributed by atoms with E-state index in [0.29, 0.717) is 12.2 Å². The Morgan fingerprint density at radius 1 is 1.27 bits per heavy atom. The van der Waals surface area contributed by atoms with E-state index in [1.807, 2.05) is 68.1 Å². The van der Waals surface area contributed by atoms with Crippen LogP contribution in [0.25, 0.3) is 0 Å². The Morgan fingerprint density at radius 3 is 2.77 bits per heavy atom. The highest BCUT2D eigenvalue weighted by Gasteiger charge is 2.12. The maximum atomic E-state index is 12.7. The molecule has 1 amide bonds. The highest BCUT2D eigenvalue weighted by atomic mass is 32.2. The summed E-state index contributed by atoms with van der Waals surface area (Å²) in [6.07, 6.45) is 3.65. The van der Waals surface area contributed by atoms with Gasteiger partial charge in [0.1, 0.15) is 5.75 Å². The molecule has 1 N–H and O–H groups in total. The van der Waals surface area contributed by atoms with Crippen LogP contribution in [0.4, 0.5) is 5.69 Å². The van der Waals surface area contributed by atoms with E-state index in [9.17, 15) is 4.79 Å². The molecule has 134 valence electrons. The minimum absolute atomic E-state index is 0.149. The van der Waals surface area contributed by atoms with Crippen molar-refractivity contribution in [3.8, 4) is 5.75 Å². The van der Waals surface area contributed by atoms with Crippen molar-refractivity contribution >= 4 is 23.4 Å². The number of hydrogen-bond donors (Lipinski definition) is 1. The number of rotatable bonds is 6. The van der Waals surface area contributed by atoms with E-state index in [2.05, 4.69) is 10.3 Å². The van der Waals surface area contributed by atoms with Crippen molar-refractivity contribution in [1.82, 2.24) is 9.55 Å². The molecule has 0 radical (unpaired) electrons. The molecule has 3 rings (SSSR count). The van der Waals surface area contributed by atoms with Crippen LogP contribution in [0.3, 0.4) is 0 Å². The summed E-state index contributed by atoms with van der Waals surface area (Å²) in [5.74, 6) is 0.652. The summed E-state index contributed by atoms with van der Waals surface area (Å²) in [4.78, 5) is 17.9. The Morgan fingerprint density at radius 2 is 2.08 bits per heavy atom. The third-order valence-corrected chi connectivity index (χ3v) is 5.00. The molecule has 3 aromatic rings. The molecule has 0 aliphatic rings. The molecule has 0 spiro atoms. The second-order valence-corrected chi connectivity index (χ2v) is 6.80.